The van der Waals surface area contributed by atoms with Gasteiger partial charge >= 0.3 is 18.3 Å². The molecule has 2 N–H and O–H groups in total. The monoisotopic (exact) mass is 698 g/mol. The summed E-state index contributed by atoms with van der Waals surface area (Å²) in [6.45, 7) is 8.49. The van der Waals surface area contributed by atoms with Crippen molar-refractivity contribution in [3.8, 4) is 0 Å². The van der Waals surface area contributed by atoms with E-state index < -0.39 is 35.5 Å². The molecule has 5 rings (SSSR count). The molecule has 0 radical (unpaired) electrons. The van der Waals surface area contributed by atoms with Crippen molar-refractivity contribution in [1.29, 1.82) is 0 Å². The van der Waals surface area contributed by atoms with E-state index in [0.717, 1.165) is 53.9 Å². The summed E-state index contributed by atoms with van der Waals surface area (Å²) >= 11 is 0. The largest absolute Gasteiger partial charge is 0.481 e. The molecule has 0 amide bonds. The summed E-state index contributed by atoms with van der Waals surface area (Å²) in [5.74, 6) is -0.690. The van der Waals surface area contributed by atoms with Crippen LogP contribution in [0.5, 0.6) is 0 Å². The number of aliphatic carboxylic acids is 1. The maximum atomic E-state index is 13.7. The quantitative estimate of drug-likeness (QED) is 0.245. The van der Waals surface area contributed by atoms with Crippen molar-refractivity contribution in [2.75, 3.05) is 22.9 Å². The fraction of sp³-hybridized carbons (Fsp3) is 0.588. The number of fused-ring (bicyclic) bond motifs is 1. The second kappa shape index (κ2) is 15.3. The second-order valence-corrected chi connectivity index (χ2v) is 13.4. The van der Waals surface area contributed by atoms with Crippen LogP contribution in [-0.4, -0.2) is 55.6 Å². The average molecular weight is 699 g/mol. The molecule has 1 fully saturated rings. The Bertz CT molecular complexity index is 1550. The number of anilines is 2. The van der Waals surface area contributed by atoms with Gasteiger partial charge in [-0.3, -0.25) is 4.79 Å². The van der Waals surface area contributed by atoms with Gasteiger partial charge in [0.15, 0.2) is 0 Å². The van der Waals surface area contributed by atoms with Crippen molar-refractivity contribution in [1.82, 2.24) is 20.2 Å². The van der Waals surface area contributed by atoms with Gasteiger partial charge in [0.1, 0.15) is 0 Å². The van der Waals surface area contributed by atoms with Crippen LogP contribution >= 0.6 is 0 Å². The molecule has 1 saturated carbocycles. The molecule has 1 aromatic heterocycles. The first-order chi connectivity index (χ1) is 22.8. The van der Waals surface area contributed by atoms with Gasteiger partial charge in [0.05, 0.1) is 30.1 Å². The standard InChI is InChI=1S/C31H36F6N6O2.C3H8O/c1-18-11-19(2)27-25(12-18)26(5-4-10-42(27)16-20-6-8-22(9-7-20)28(44)45)43(29-38-40-41(3)39-29)17-21-13-23(30(32,33)34)15-24(14-21)31(35,36)37;1-3(2)4/h11-15,20,22,26H,4-10,16-17H2,1-3H3,(H,44,45);3-4H,1-2H3/t20?,22?,26-;/m0./s1. The van der Waals surface area contributed by atoms with Gasteiger partial charge in [-0.15, -0.1) is 5.10 Å². The summed E-state index contributed by atoms with van der Waals surface area (Å²) in [5, 5.41) is 29.9. The second-order valence-electron chi connectivity index (χ2n) is 13.4. The van der Waals surface area contributed by atoms with Crippen LogP contribution in [0.4, 0.5) is 38.0 Å². The summed E-state index contributed by atoms with van der Waals surface area (Å²) in [4.78, 5) is 16.6. The van der Waals surface area contributed by atoms with E-state index in [9.17, 15) is 36.2 Å². The van der Waals surface area contributed by atoms with E-state index in [0.29, 0.717) is 38.1 Å². The SMILES string of the molecule is CC(C)O.Cc1cc(C)c2c(c1)[C@@H](N(Cc1cc(C(F)(F)F)cc(C(F)(F)F)c1)c1nnn(C)n1)CCCN2CC1CCC(C(=O)O)CC1. The van der Waals surface area contributed by atoms with E-state index in [4.69, 9.17) is 5.11 Å². The van der Waals surface area contributed by atoms with Crippen LogP contribution in [0.1, 0.15) is 91.8 Å². The number of nitrogens with zero attached hydrogens (tertiary/aromatic N) is 6. The molecule has 1 aliphatic heterocycles. The molecule has 2 aromatic carbocycles. The first kappa shape index (κ1) is 37.9. The number of benzene rings is 2. The maximum absolute atomic E-state index is 13.7. The fourth-order valence-electron chi connectivity index (χ4n) is 6.85. The number of hydrogen-bond donors (Lipinski definition) is 2. The first-order valence-electron chi connectivity index (χ1n) is 16.4. The van der Waals surface area contributed by atoms with Crippen LogP contribution in [0.3, 0.4) is 0 Å². The van der Waals surface area contributed by atoms with Crippen LogP contribution in [0, 0.1) is 25.7 Å². The molecule has 0 bridgehead atoms. The lowest BCUT2D eigenvalue weighted by Gasteiger charge is -2.36. The highest BCUT2D eigenvalue weighted by Gasteiger charge is 2.38. The van der Waals surface area contributed by atoms with Crippen LogP contribution in [-0.2, 0) is 30.7 Å². The van der Waals surface area contributed by atoms with Gasteiger partial charge in [-0.25, -0.2) is 0 Å². The van der Waals surface area contributed by atoms with Crippen LogP contribution in [0.25, 0.3) is 0 Å². The lowest BCUT2D eigenvalue weighted by molar-refractivity contribution is -0.144. The summed E-state index contributed by atoms with van der Waals surface area (Å²) in [6.07, 6.45) is -6.04. The van der Waals surface area contributed by atoms with Crippen molar-refractivity contribution in [2.45, 2.75) is 97.3 Å². The molecule has 0 saturated heterocycles. The van der Waals surface area contributed by atoms with Crippen molar-refractivity contribution in [3.63, 3.8) is 0 Å². The topological polar surface area (TPSA) is 108 Å². The fourth-order valence-corrected chi connectivity index (χ4v) is 6.85. The van der Waals surface area contributed by atoms with E-state index in [1.165, 1.54) is 11.8 Å². The summed E-state index contributed by atoms with van der Waals surface area (Å²) in [7, 11) is 1.54. The Labute approximate surface area is 281 Å². The Morgan fingerprint density at radius 3 is 2.06 bits per heavy atom. The minimum Gasteiger partial charge on any atom is -0.481 e. The number of carboxylic acid groups (broad SMARTS) is 1. The molecule has 270 valence electrons. The molecule has 0 unspecified atom stereocenters. The van der Waals surface area contributed by atoms with Gasteiger partial charge in [-0.1, -0.05) is 22.8 Å². The number of aliphatic hydroxyl groups excluding tert-OH is 1. The first-order valence-corrected chi connectivity index (χ1v) is 16.4. The van der Waals surface area contributed by atoms with Crippen LogP contribution in [0.15, 0.2) is 30.3 Å². The summed E-state index contributed by atoms with van der Waals surface area (Å²) < 4.78 is 82.4. The summed E-state index contributed by atoms with van der Waals surface area (Å²) in [6, 6.07) is 5.23. The van der Waals surface area contributed by atoms with Gasteiger partial charge in [0.2, 0.25) is 0 Å². The van der Waals surface area contributed by atoms with E-state index in [-0.39, 0.29) is 36.1 Å². The number of aryl methyl sites for hydroxylation is 3. The van der Waals surface area contributed by atoms with Crippen LogP contribution < -0.4 is 9.80 Å². The van der Waals surface area contributed by atoms with Gasteiger partial charge in [0, 0.05) is 31.4 Å². The number of aromatic nitrogens is 4. The molecular weight excluding hydrogens is 654 g/mol. The Morgan fingerprint density at radius 2 is 1.55 bits per heavy atom. The third-order valence-electron chi connectivity index (χ3n) is 8.86. The predicted molar refractivity (Wildman–Crippen MR) is 172 cm³/mol. The van der Waals surface area contributed by atoms with Crippen molar-refractivity contribution < 1.29 is 41.4 Å². The lowest BCUT2D eigenvalue weighted by Crippen LogP contribution is -2.34. The summed E-state index contributed by atoms with van der Waals surface area (Å²) in [5.41, 5.74) is 0.892. The minimum atomic E-state index is -4.97. The Kier molecular flexibility index (Phi) is 11.9. The number of rotatable bonds is 7. The van der Waals surface area contributed by atoms with Gasteiger partial charge in [-0.2, -0.15) is 31.1 Å². The number of halogens is 6. The zero-order valence-corrected chi connectivity index (χ0v) is 28.3. The average Bonchev–Trinajstić information content (AvgIpc) is 3.34. The molecule has 15 heteroatoms. The number of aliphatic hydroxyl groups is 1. The Hall–Kier alpha value is -3.88. The third-order valence-corrected chi connectivity index (χ3v) is 8.86. The minimum absolute atomic E-state index is 0.0963. The lowest BCUT2D eigenvalue weighted by atomic mass is 9.81. The van der Waals surface area contributed by atoms with Crippen molar-refractivity contribution in [2.24, 2.45) is 18.9 Å². The Morgan fingerprint density at radius 1 is 0.959 bits per heavy atom. The maximum Gasteiger partial charge on any atom is 0.416 e. The molecule has 1 aliphatic carbocycles. The zero-order chi connectivity index (χ0) is 36.3. The highest BCUT2D eigenvalue weighted by atomic mass is 19.4. The highest BCUT2D eigenvalue weighted by molar-refractivity contribution is 5.70. The molecule has 9 nitrogen and oxygen atoms in total. The molecule has 49 heavy (non-hydrogen) atoms. The normalized spacial score (nSPS) is 19.9. The van der Waals surface area contributed by atoms with E-state index in [1.54, 1.807) is 18.7 Å². The zero-order valence-electron chi connectivity index (χ0n) is 28.3. The number of hydrogen-bond acceptors (Lipinski definition) is 7. The number of alkyl halides is 6. The number of carbonyl (C=O) groups is 1. The predicted octanol–water partition coefficient (Wildman–Crippen LogP) is 7.49. The highest BCUT2D eigenvalue weighted by Crippen LogP contribution is 2.43. The molecule has 1 atom stereocenters. The molecule has 3 aromatic rings. The van der Waals surface area contributed by atoms with E-state index in [1.807, 2.05) is 19.9 Å². The van der Waals surface area contributed by atoms with Crippen molar-refractivity contribution >= 4 is 17.6 Å². The van der Waals surface area contributed by atoms with E-state index in [2.05, 4.69) is 26.4 Å². The Balaban J connectivity index is 0.00000128. The van der Waals surface area contributed by atoms with Gasteiger partial charge in [-0.05, 0) is 112 Å². The third kappa shape index (κ3) is 9.86. The van der Waals surface area contributed by atoms with Gasteiger partial charge < -0.3 is 20.0 Å². The van der Waals surface area contributed by atoms with Crippen molar-refractivity contribution in [3.05, 3.63) is 63.7 Å². The number of tetrazole rings is 1. The molecular formula is C34H44F6N6O3. The van der Waals surface area contributed by atoms with Gasteiger partial charge in [0.25, 0.3) is 5.95 Å². The smallest absolute Gasteiger partial charge is 0.416 e. The number of carboxylic acids is 1. The van der Waals surface area contributed by atoms with Crippen LogP contribution in [0.2, 0.25) is 0 Å². The van der Waals surface area contributed by atoms with E-state index >= 15 is 0 Å². The molecule has 2 aliphatic rings. The molecule has 2 heterocycles. The molecule has 0 spiro atoms.